The summed E-state index contributed by atoms with van der Waals surface area (Å²) < 4.78 is 208. The number of benzene rings is 6. The highest BCUT2D eigenvalue weighted by Crippen LogP contribution is 2.44. The van der Waals surface area contributed by atoms with E-state index in [1.807, 2.05) is 0 Å². The number of fused-ring (bicyclic) bond motifs is 9. The lowest BCUT2D eigenvalue weighted by atomic mass is 9.96. The molecule has 0 radical (unpaired) electrons. The van der Waals surface area contributed by atoms with Crippen molar-refractivity contribution in [1.82, 2.24) is 28.3 Å². The minimum atomic E-state index is -3.84. The number of hydrogen-bond donors (Lipinski definition) is 9. The van der Waals surface area contributed by atoms with Gasteiger partial charge >= 0.3 is 0 Å². The number of sulfonamides is 6. The molecular formula is C86H117N9O23S6. The van der Waals surface area contributed by atoms with Crippen molar-refractivity contribution in [3.05, 3.63) is 143 Å². The van der Waals surface area contributed by atoms with Crippen molar-refractivity contribution >= 4 is 77.3 Å². The minimum Gasteiger partial charge on any atom is -0.410 e. The van der Waals surface area contributed by atoms with E-state index in [2.05, 4.69) is 43.8 Å². The quantitative estimate of drug-likeness (QED) is 0.0100. The first kappa shape index (κ1) is 96.0. The van der Waals surface area contributed by atoms with E-state index in [0.29, 0.717) is 134 Å². The van der Waals surface area contributed by atoms with Crippen molar-refractivity contribution in [3.63, 3.8) is 0 Å². The summed E-state index contributed by atoms with van der Waals surface area (Å²) in [6, 6.07) is 28.1. The molecule has 2 heterocycles. The molecule has 0 amide bonds. The lowest BCUT2D eigenvalue weighted by Crippen LogP contribution is -2.38. The highest BCUT2D eigenvalue weighted by atomic mass is 32.2. The summed E-state index contributed by atoms with van der Waals surface area (Å²) in [5.74, 6) is 0. The first-order valence-corrected chi connectivity index (χ1v) is 51.6. The topological polar surface area (TPSA) is 449 Å². The Morgan fingerprint density at radius 3 is 0.694 bits per heavy atom. The zero-order valence-corrected chi connectivity index (χ0v) is 73.8. The summed E-state index contributed by atoms with van der Waals surface area (Å²) in [4.78, 5) is 11.8. The van der Waals surface area contributed by atoms with Crippen LogP contribution in [0, 0.1) is 0 Å². The lowest BCUT2D eigenvalue weighted by Gasteiger charge is -2.23. The Balaban J connectivity index is 0.000000170. The fourth-order valence-corrected chi connectivity index (χ4v) is 24.9. The van der Waals surface area contributed by atoms with Gasteiger partial charge in [0, 0.05) is 96.1 Å². The zero-order valence-electron chi connectivity index (χ0n) is 68.9. The van der Waals surface area contributed by atoms with E-state index in [1.165, 1.54) is 24.3 Å². The normalized spacial score (nSPS) is 18.8. The van der Waals surface area contributed by atoms with Crippen LogP contribution in [-0.2, 0) is 98.2 Å². The highest BCUT2D eigenvalue weighted by Gasteiger charge is 2.37. The lowest BCUT2D eigenvalue weighted by molar-refractivity contribution is 0.00876. The molecule has 6 aromatic carbocycles. The number of oxime groups is 3. The molecule has 0 aromatic heterocycles. The maximum atomic E-state index is 13.4. The van der Waals surface area contributed by atoms with Gasteiger partial charge in [-0.15, -0.1) is 0 Å². The minimum absolute atomic E-state index is 0. The van der Waals surface area contributed by atoms with Gasteiger partial charge in [0.2, 0.25) is 60.1 Å². The van der Waals surface area contributed by atoms with Gasteiger partial charge < -0.3 is 53.5 Å². The summed E-state index contributed by atoms with van der Waals surface area (Å²) in [6.45, 7) is 4.41. The van der Waals surface area contributed by atoms with Gasteiger partial charge in [-0.05, 0) is 183 Å². The number of rotatable bonds is 36. The Kier molecular flexibility index (Phi) is 34.6. The molecule has 6 aromatic rings. The molecule has 2 saturated heterocycles. The van der Waals surface area contributed by atoms with Crippen LogP contribution in [0.2, 0.25) is 0 Å². The fraction of sp³-hybridized carbons (Fsp3) is 0.547. The average molecular weight is 1840 g/mol. The summed E-state index contributed by atoms with van der Waals surface area (Å²) in [7, 11) is -22.7. The molecule has 0 unspecified atom stereocenters. The van der Waals surface area contributed by atoms with E-state index in [-0.39, 0.29) is 132 Å². The fourth-order valence-electron chi connectivity index (χ4n) is 16.9. The molecule has 680 valence electrons. The summed E-state index contributed by atoms with van der Waals surface area (Å²) in [5, 5.41) is 39.5. The van der Waals surface area contributed by atoms with Crippen LogP contribution >= 0.6 is 0 Å². The second-order valence-electron chi connectivity index (χ2n) is 32.0. The monoisotopic (exact) mass is 1840 g/mol. The van der Waals surface area contributed by atoms with Crippen LogP contribution in [0.4, 0.5) is 0 Å². The average Bonchev–Trinajstić information content (AvgIpc) is 1.60. The summed E-state index contributed by atoms with van der Waals surface area (Å²) in [6.07, 6.45) is 21.4. The molecule has 0 bridgehead atoms. The number of nitrogens with zero attached hydrogens (tertiary/aromatic N) is 3. The molecule has 0 atom stereocenters. The Morgan fingerprint density at radius 1 is 0.274 bits per heavy atom. The van der Waals surface area contributed by atoms with Crippen molar-refractivity contribution < 1.29 is 104 Å². The van der Waals surface area contributed by atoms with Crippen LogP contribution in [0.3, 0.4) is 0 Å². The van der Waals surface area contributed by atoms with Crippen molar-refractivity contribution in [2.45, 2.75) is 227 Å². The third-order valence-corrected chi connectivity index (χ3v) is 32.4. The Labute approximate surface area is 729 Å². The highest BCUT2D eigenvalue weighted by molar-refractivity contribution is 7.91. The van der Waals surface area contributed by atoms with E-state index in [4.69, 9.17) is 48.3 Å². The molecule has 4 saturated carbocycles. The second kappa shape index (κ2) is 44.7. The van der Waals surface area contributed by atoms with Crippen molar-refractivity contribution in [2.75, 3.05) is 106 Å². The number of hydrogen-bond acceptors (Lipinski definition) is 26. The molecule has 2 aliphatic heterocycles. The number of aliphatic hydroxyl groups is 2. The van der Waals surface area contributed by atoms with E-state index < -0.39 is 60.1 Å². The maximum Gasteiger partial charge on any atom is 0.240 e. The first-order chi connectivity index (χ1) is 59.3. The molecule has 15 rings (SSSR count). The molecule has 0 spiro atoms. The van der Waals surface area contributed by atoms with Crippen LogP contribution in [-0.4, -0.2) is 225 Å². The van der Waals surface area contributed by atoms with Crippen LogP contribution in [0.15, 0.2) is 154 Å². The van der Waals surface area contributed by atoms with Gasteiger partial charge in [0.05, 0.1) is 95.4 Å². The molecule has 9 aliphatic rings. The van der Waals surface area contributed by atoms with Gasteiger partial charge in [-0.2, -0.15) is 0 Å². The van der Waals surface area contributed by atoms with E-state index in [9.17, 15) is 55.7 Å². The maximum absolute atomic E-state index is 13.4. The summed E-state index contributed by atoms with van der Waals surface area (Å²) in [5.41, 5.74) is 8.25. The number of ether oxygens (including phenoxy) is 6. The Morgan fingerprint density at radius 2 is 0.476 bits per heavy atom. The number of aliphatic hydroxyl groups excluding tert-OH is 2. The van der Waals surface area contributed by atoms with Crippen molar-refractivity contribution in [3.8, 4) is 33.4 Å². The van der Waals surface area contributed by atoms with Crippen LogP contribution in [0.1, 0.15) is 195 Å². The second-order valence-corrected chi connectivity index (χ2v) is 42.3. The number of nitrogens with one attached hydrogen (secondary N) is 6. The van der Waals surface area contributed by atoms with Gasteiger partial charge in [-0.1, -0.05) is 136 Å². The predicted molar refractivity (Wildman–Crippen MR) is 468 cm³/mol. The third kappa shape index (κ3) is 24.8. The van der Waals surface area contributed by atoms with Crippen LogP contribution < -0.4 is 28.3 Å². The molecule has 6 fully saturated rings. The van der Waals surface area contributed by atoms with Crippen molar-refractivity contribution in [1.29, 1.82) is 0 Å². The van der Waals surface area contributed by atoms with Crippen molar-refractivity contribution in [2.24, 2.45) is 15.5 Å². The Bertz CT molecular complexity index is 4920. The van der Waals surface area contributed by atoms with Gasteiger partial charge in [-0.3, -0.25) is 0 Å². The largest absolute Gasteiger partial charge is 0.410 e. The molecule has 32 nitrogen and oxygen atoms in total. The van der Waals surface area contributed by atoms with Gasteiger partial charge in [0.15, 0.2) is 0 Å². The van der Waals surface area contributed by atoms with E-state index >= 15 is 0 Å². The van der Waals surface area contributed by atoms with Gasteiger partial charge in [0.1, 0.15) is 30.3 Å². The van der Waals surface area contributed by atoms with E-state index in [1.54, 1.807) is 84.9 Å². The molecule has 9 N–H and O–H groups in total. The van der Waals surface area contributed by atoms with Gasteiger partial charge in [0.25, 0.3) is 0 Å². The predicted octanol–water partition coefficient (Wildman–Crippen LogP) is 9.81. The van der Waals surface area contributed by atoms with Crippen LogP contribution in [0.5, 0.6) is 0 Å². The standard InChI is InChI=1S/C31H43N3O8S2.C30H41N3O9S2.C24H29N3O6S2.CH4/c35-15-16-40-17-18-41-19-20-42-32-31-29-21-25(43(36,37)33-23-7-3-1-4-8-23)11-13-27(29)28-14-12-26(22-30(28)31)44(38,39)34-24-9-5-2-6-10-24;34-12-15-40-16-17-41-18-19-42-31-30-28-20-24(43(35,36)32-22-4-2-1-3-5-22)6-8-26(28)27-9-7-25(21-29(27)30)44(37,38)33-23-10-13-39-14-11-23;28-25-24-22-14-18(34(29,30)26-16-4-2-1-3-5-16)6-8-20(22)21-9-7-19(15-23(21)24)35(31,32)27-17-10-12-33-13-11-17;/h11-14,21-24,33-35H,1-10,15-20H2;6-9,20-23,32-34H,1-5,10-19H2;6-9,14-17,26-28H,1-5,10-13H2;1H4/b;31-30+;25-24+;. The smallest absolute Gasteiger partial charge is 0.240 e. The molecule has 7 aliphatic carbocycles. The van der Waals surface area contributed by atoms with Gasteiger partial charge in [-0.25, -0.2) is 78.8 Å². The molecule has 124 heavy (non-hydrogen) atoms. The SMILES string of the molecule is C.O=S(=O)(NC1CCCCC1)c1ccc2c(c1)/C(=N\O)c1cc(S(=O)(=O)NC3CCOCC3)ccc1-2.O=S(=O)(NC1CCCCC1)c1ccc2c(c1)/C(=N\OCCOCCOCCO)c1cc(S(=O)(=O)NC3CCOCC3)ccc1-2.O=S(=O)(NC1CCCCC1)c1ccc2c(c1)C(=NOCCOCCOCCO)c1cc(S(=O)(=O)NC3CCCCC3)ccc1-2. The van der Waals surface area contributed by atoms with E-state index in [0.717, 1.165) is 151 Å². The summed E-state index contributed by atoms with van der Waals surface area (Å²) >= 11 is 0. The third-order valence-electron chi connectivity index (χ3n) is 23.3. The molecular weight excluding hydrogens is 1720 g/mol. The molecule has 38 heteroatoms. The van der Waals surface area contributed by atoms with Crippen LogP contribution in [0.25, 0.3) is 33.4 Å². The Hall–Kier alpha value is -7.13. The zero-order chi connectivity index (χ0) is 86.6. The first-order valence-electron chi connectivity index (χ1n) is 42.7.